The van der Waals surface area contributed by atoms with Crippen LogP contribution in [0.1, 0.15) is 37.8 Å². The maximum Gasteiger partial charge on any atom is 0.251 e. The molecule has 1 aromatic carbocycles. The van der Waals surface area contributed by atoms with E-state index in [9.17, 15) is 8.78 Å². The lowest BCUT2D eigenvalue weighted by atomic mass is 10.1. The standard InChI is InChI=1S/C19H30F2N4/c1-3-15-7-5-6-8-16(15)13-23-19(22-4-2)24-17-9-11-25(12-10-17)14-18(20)21/h5-8,17-18H,3-4,9-14H2,1-2H3,(H2,22,23,24). The number of benzene rings is 1. The second kappa shape index (κ2) is 10.3. The zero-order valence-corrected chi connectivity index (χ0v) is 15.3. The zero-order chi connectivity index (χ0) is 18.1. The van der Waals surface area contributed by atoms with Crippen LogP contribution in [0.5, 0.6) is 0 Å². The van der Waals surface area contributed by atoms with Crippen molar-refractivity contribution in [1.82, 2.24) is 15.5 Å². The highest BCUT2D eigenvalue weighted by atomic mass is 19.3. The van der Waals surface area contributed by atoms with E-state index in [0.29, 0.717) is 19.6 Å². The molecule has 0 radical (unpaired) electrons. The third-order valence-corrected chi connectivity index (χ3v) is 4.58. The Kier molecular flexibility index (Phi) is 8.12. The van der Waals surface area contributed by atoms with Crippen LogP contribution in [0.4, 0.5) is 8.78 Å². The first-order valence-electron chi connectivity index (χ1n) is 9.24. The molecule has 2 N–H and O–H groups in total. The summed E-state index contributed by atoms with van der Waals surface area (Å²) in [6.45, 7) is 6.94. The van der Waals surface area contributed by atoms with Gasteiger partial charge in [-0.15, -0.1) is 0 Å². The van der Waals surface area contributed by atoms with Crippen LogP contribution in [0.3, 0.4) is 0 Å². The number of alkyl halides is 2. The number of guanidine groups is 1. The molecule has 0 aliphatic carbocycles. The van der Waals surface area contributed by atoms with Gasteiger partial charge in [-0.2, -0.15) is 0 Å². The molecule has 1 aromatic rings. The van der Waals surface area contributed by atoms with Crippen molar-refractivity contribution in [2.24, 2.45) is 4.99 Å². The highest BCUT2D eigenvalue weighted by Crippen LogP contribution is 2.13. The predicted molar refractivity (Wildman–Crippen MR) is 99.2 cm³/mol. The zero-order valence-electron chi connectivity index (χ0n) is 15.3. The predicted octanol–water partition coefficient (Wildman–Crippen LogP) is 3.03. The quantitative estimate of drug-likeness (QED) is 0.585. The van der Waals surface area contributed by atoms with E-state index < -0.39 is 6.43 Å². The number of nitrogens with one attached hydrogen (secondary N) is 2. The normalized spacial score (nSPS) is 17.1. The minimum absolute atomic E-state index is 0.116. The number of rotatable bonds is 7. The molecular formula is C19H30F2N4. The number of hydrogen-bond donors (Lipinski definition) is 2. The van der Waals surface area contributed by atoms with Crippen LogP contribution in [0.25, 0.3) is 0 Å². The van der Waals surface area contributed by atoms with Crippen LogP contribution in [0.2, 0.25) is 0 Å². The van der Waals surface area contributed by atoms with Crippen LogP contribution in [0.15, 0.2) is 29.3 Å². The van der Waals surface area contributed by atoms with Crippen LogP contribution < -0.4 is 10.6 Å². The van der Waals surface area contributed by atoms with Crippen molar-refractivity contribution >= 4 is 5.96 Å². The summed E-state index contributed by atoms with van der Waals surface area (Å²) in [7, 11) is 0. The Morgan fingerprint density at radius 3 is 2.48 bits per heavy atom. The van der Waals surface area contributed by atoms with Crippen LogP contribution in [-0.2, 0) is 13.0 Å². The van der Waals surface area contributed by atoms with E-state index in [1.165, 1.54) is 11.1 Å². The Labute approximate surface area is 149 Å². The molecule has 0 saturated carbocycles. The lowest BCUT2D eigenvalue weighted by molar-refractivity contribution is 0.0744. The van der Waals surface area contributed by atoms with E-state index in [1.54, 1.807) is 0 Å². The molecule has 0 unspecified atom stereocenters. The van der Waals surface area contributed by atoms with Crippen molar-refractivity contribution in [1.29, 1.82) is 0 Å². The molecule has 1 aliphatic rings. The number of nitrogens with zero attached hydrogens (tertiary/aromatic N) is 2. The highest BCUT2D eigenvalue weighted by Gasteiger charge is 2.21. The topological polar surface area (TPSA) is 39.7 Å². The van der Waals surface area contributed by atoms with Crippen molar-refractivity contribution in [2.75, 3.05) is 26.2 Å². The van der Waals surface area contributed by atoms with Crippen LogP contribution in [-0.4, -0.2) is 49.5 Å². The Hall–Kier alpha value is -1.69. The smallest absolute Gasteiger partial charge is 0.251 e. The Bertz CT molecular complexity index is 540. The lowest BCUT2D eigenvalue weighted by Gasteiger charge is -2.32. The van der Waals surface area contributed by atoms with Crippen molar-refractivity contribution in [3.8, 4) is 0 Å². The van der Waals surface area contributed by atoms with E-state index in [2.05, 4.69) is 35.8 Å². The molecule has 0 spiro atoms. The van der Waals surface area contributed by atoms with Gasteiger partial charge in [-0.3, -0.25) is 4.90 Å². The second-order valence-corrected chi connectivity index (χ2v) is 6.43. The van der Waals surface area contributed by atoms with Crippen molar-refractivity contribution in [3.63, 3.8) is 0 Å². The van der Waals surface area contributed by atoms with E-state index in [0.717, 1.165) is 31.8 Å². The van der Waals surface area contributed by atoms with Crippen molar-refractivity contribution in [3.05, 3.63) is 35.4 Å². The summed E-state index contributed by atoms with van der Waals surface area (Å²) in [5, 5.41) is 6.75. The average molecular weight is 352 g/mol. The van der Waals surface area contributed by atoms with Gasteiger partial charge in [0.1, 0.15) is 0 Å². The Balaban J connectivity index is 1.90. The molecule has 6 heteroatoms. The molecule has 1 aliphatic heterocycles. The third-order valence-electron chi connectivity index (χ3n) is 4.58. The van der Waals surface area contributed by atoms with E-state index >= 15 is 0 Å². The maximum atomic E-state index is 12.5. The second-order valence-electron chi connectivity index (χ2n) is 6.43. The molecule has 1 fully saturated rings. The van der Waals surface area contributed by atoms with E-state index in [4.69, 9.17) is 4.99 Å². The van der Waals surface area contributed by atoms with Gasteiger partial charge in [0.25, 0.3) is 6.43 Å². The summed E-state index contributed by atoms with van der Waals surface area (Å²) in [5.74, 6) is 0.806. The van der Waals surface area contributed by atoms with Gasteiger partial charge >= 0.3 is 0 Å². The number of hydrogen-bond acceptors (Lipinski definition) is 2. The van der Waals surface area contributed by atoms with Gasteiger partial charge in [0.05, 0.1) is 13.1 Å². The molecule has 140 valence electrons. The number of halogens is 2. The Morgan fingerprint density at radius 1 is 1.20 bits per heavy atom. The van der Waals surface area contributed by atoms with Gasteiger partial charge in [-0.05, 0) is 37.3 Å². The summed E-state index contributed by atoms with van der Waals surface area (Å²) in [6, 6.07) is 8.65. The average Bonchev–Trinajstić information content (AvgIpc) is 2.61. The SMILES string of the molecule is CCNC(=NCc1ccccc1CC)NC1CCN(CC(F)F)CC1. The first kappa shape index (κ1) is 19.6. The fourth-order valence-electron chi connectivity index (χ4n) is 3.19. The van der Waals surface area contributed by atoms with Gasteiger partial charge in [0.15, 0.2) is 5.96 Å². The van der Waals surface area contributed by atoms with Crippen LogP contribution >= 0.6 is 0 Å². The van der Waals surface area contributed by atoms with Gasteiger partial charge in [0.2, 0.25) is 0 Å². The van der Waals surface area contributed by atoms with Crippen molar-refractivity contribution in [2.45, 2.75) is 52.1 Å². The molecule has 25 heavy (non-hydrogen) atoms. The lowest BCUT2D eigenvalue weighted by Crippen LogP contribution is -2.49. The molecule has 0 bridgehead atoms. The largest absolute Gasteiger partial charge is 0.357 e. The number of aryl methyl sites for hydroxylation is 1. The molecule has 1 heterocycles. The molecule has 0 atom stereocenters. The molecule has 0 amide bonds. The highest BCUT2D eigenvalue weighted by molar-refractivity contribution is 5.80. The number of likely N-dealkylation sites (tertiary alicyclic amines) is 1. The van der Waals surface area contributed by atoms with Gasteiger partial charge in [-0.1, -0.05) is 31.2 Å². The molecule has 1 saturated heterocycles. The van der Waals surface area contributed by atoms with Gasteiger partial charge in [0, 0.05) is 25.7 Å². The minimum Gasteiger partial charge on any atom is -0.357 e. The summed E-state index contributed by atoms with van der Waals surface area (Å²) < 4.78 is 24.9. The summed E-state index contributed by atoms with van der Waals surface area (Å²) in [4.78, 5) is 6.55. The first-order valence-corrected chi connectivity index (χ1v) is 9.24. The molecule has 2 rings (SSSR count). The first-order chi connectivity index (χ1) is 12.1. The summed E-state index contributed by atoms with van der Waals surface area (Å²) in [6.07, 6.45) is 0.478. The maximum absolute atomic E-state index is 12.5. The fraction of sp³-hybridized carbons (Fsp3) is 0.632. The van der Waals surface area contributed by atoms with E-state index in [1.807, 2.05) is 17.9 Å². The van der Waals surface area contributed by atoms with Crippen molar-refractivity contribution < 1.29 is 8.78 Å². The van der Waals surface area contributed by atoms with Crippen LogP contribution in [0, 0.1) is 0 Å². The minimum atomic E-state index is -2.25. The van der Waals surface area contributed by atoms with Gasteiger partial charge < -0.3 is 10.6 Å². The number of piperidine rings is 1. The Morgan fingerprint density at radius 2 is 1.88 bits per heavy atom. The van der Waals surface area contributed by atoms with Gasteiger partial charge in [-0.25, -0.2) is 13.8 Å². The third kappa shape index (κ3) is 6.61. The molecule has 4 nitrogen and oxygen atoms in total. The monoisotopic (exact) mass is 352 g/mol. The van der Waals surface area contributed by atoms with E-state index in [-0.39, 0.29) is 12.6 Å². The molecule has 0 aromatic heterocycles. The molecular weight excluding hydrogens is 322 g/mol. The fourth-order valence-corrected chi connectivity index (χ4v) is 3.19. The summed E-state index contributed by atoms with van der Waals surface area (Å²) in [5.41, 5.74) is 2.57. The number of aliphatic imine (C=N–C) groups is 1. The summed E-state index contributed by atoms with van der Waals surface area (Å²) >= 11 is 0.